The molecule has 0 spiro atoms. The van der Waals surface area contributed by atoms with Crippen molar-refractivity contribution in [1.29, 1.82) is 0 Å². The van der Waals surface area contributed by atoms with E-state index in [2.05, 4.69) is 12.2 Å². The van der Waals surface area contributed by atoms with Crippen LogP contribution in [0.3, 0.4) is 0 Å². The molecule has 0 unspecified atom stereocenters. The minimum absolute atomic E-state index is 0. The van der Waals surface area contributed by atoms with Gasteiger partial charge in [-0.2, -0.15) is 5.16 Å². The SMILES string of the molecule is [Li+].[N-]=C=S. The molecule has 4 heavy (non-hydrogen) atoms. The van der Waals surface area contributed by atoms with E-state index in [1.807, 2.05) is 0 Å². The van der Waals surface area contributed by atoms with Crippen LogP contribution in [0.15, 0.2) is 0 Å². The van der Waals surface area contributed by atoms with Gasteiger partial charge >= 0.3 is 18.9 Å². The zero-order valence-corrected chi connectivity index (χ0v) is 3.17. The van der Waals surface area contributed by atoms with Gasteiger partial charge in [0.1, 0.15) is 0 Å². The van der Waals surface area contributed by atoms with Gasteiger partial charge < -0.3 is 5.41 Å². The number of rotatable bonds is 0. The predicted molar refractivity (Wildman–Crippen MR) is 16.0 cm³/mol. The van der Waals surface area contributed by atoms with Crippen LogP contribution >= 0.6 is 12.2 Å². The van der Waals surface area contributed by atoms with Crippen molar-refractivity contribution in [2.24, 2.45) is 0 Å². The first-order chi connectivity index (χ1) is 1.41. The smallest absolute Gasteiger partial charge is 0.753 e. The van der Waals surface area contributed by atoms with Crippen LogP contribution in [0.5, 0.6) is 0 Å². The summed E-state index contributed by atoms with van der Waals surface area (Å²) in [5.74, 6) is 0. The monoisotopic (exact) mass is 65.0 g/mol. The van der Waals surface area contributed by atoms with Crippen molar-refractivity contribution < 1.29 is 18.9 Å². The molecule has 0 aromatic rings. The van der Waals surface area contributed by atoms with Crippen molar-refractivity contribution in [3.63, 3.8) is 0 Å². The number of hydrogen-bond acceptors (Lipinski definition) is 1. The summed E-state index contributed by atoms with van der Waals surface area (Å²) >= 11 is 3.70. The molecule has 0 aliphatic carbocycles. The van der Waals surface area contributed by atoms with Crippen LogP contribution in [0.25, 0.3) is 5.41 Å². The molecule has 0 bridgehead atoms. The van der Waals surface area contributed by atoms with Gasteiger partial charge in [-0.1, -0.05) is 12.2 Å². The molecule has 1 nitrogen and oxygen atoms in total. The van der Waals surface area contributed by atoms with E-state index in [0.717, 1.165) is 0 Å². The molecule has 0 radical (unpaired) electrons. The van der Waals surface area contributed by atoms with E-state index in [0.29, 0.717) is 0 Å². The maximum atomic E-state index is 7.13. The number of hydrogen-bond donors (Lipinski definition) is 0. The van der Waals surface area contributed by atoms with E-state index in [4.69, 9.17) is 5.41 Å². The van der Waals surface area contributed by atoms with Gasteiger partial charge in [-0.3, -0.25) is 0 Å². The minimum atomic E-state index is 0. The first-order valence-corrected chi connectivity index (χ1v) is 0.836. The summed E-state index contributed by atoms with van der Waals surface area (Å²) in [7, 11) is 0. The fourth-order valence-electron chi connectivity index (χ4n) is 0. The minimum Gasteiger partial charge on any atom is -0.753 e. The molecular formula is CLiNS. The maximum Gasteiger partial charge on any atom is 1.00 e. The number of nitrogens with zero attached hydrogens (tertiary/aromatic N) is 1. The molecule has 0 aromatic heterocycles. The van der Waals surface area contributed by atoms with Gasteiger partial charge in [-0.15, -0.1) is 0 Å². The Kier molecular flexibility index (Phi) is 22.1. The van der Waals surface area contributed by atoms with Gasteiger partial charge in [-0.25, -0.2) is 0 Å². The Labute approximate surface area is 42.1 Å². The van der Waals surface area contributed by atoms with Gasteiger partial charge in [0, 0.05) is 0 Å². The fourth-order valence-corrected chi connectivity index (χ4v) is 0. The van der Waals surface area contributed by atoms with Gasteiger partial charge in [0.05, 0.1) is 0 Å². The Balaban J connectivity index is 0. The van der Waals surface area contributed by atoms with E-state index < -0.39 is 0 Å². The molecule has 16 valence electrons. The van der Waals surface area contributed by atoms with Gasteiger partial charge in [-0.05, 0) is 0 Å². The Morgan fingerprint density at radius 2 is 1.75 bits per heavy atom. The summed E-state index contributed by atoms with van der Waals surface area (Å²) in [6.07, 6.45) is 0. The summed E-state index contributed by atoms with van der Waals surface area (Å²) < 4.78 is 0. The van der Waals surface area contributed by atoms with Gasteiger partial charge in [0.15, 0.2) is 0 Å². The van der Waals surface area contributed by atoms with Crippen molar-refractivity contribution >= 4 is 17.4 Å². The average Bonchev–Trinajstić information content (AvgIpc) is 0.918. The Morgan fingerprint density at radius 3 is 1.75 bits per heavy atom. The Morgan fingerprint density at radius 1 is 1.75 bits per heavy atom. The zero-order chi connectivity index (χ0) is 2.71. The van der Waals surface area contributed by atoms with Crippen LogP contribution in [-0.4, -0.2) is 5.16 Å². The maximum absolute atomic E-state index is 7.13. The zero-order valence-electron chi connectivity index (χ0n) is 2.36. The largest absolute Gasteiger partial charge is 1.00 e. The van der Waals surface area contributed by atoms with Crippen LogP contribution in [0.1, 0.15) is 0 Å². The summed E-state index contributed by atoms with van der Waals surface area (Å²) in [5, 5.41) is 8.47. The van der Waals surface area contributed by atoms with E-state index in [1.165, 1.54) is 5.16 Å². The normalized spacial score (nSPS) is 2.00. The molecule has 0 fully saturated rings. The first kappa shape index (κ1) is 8.83. The molecule has 0 saturated carbocycles. The molecule has 0 rings (SSSR count). The van der Waals surface area contributed by atoms with Crippen molar-refractivity contribution in [2.45, 2.75) is 0 Å². The van der Waals surface area contributed by atoms with E-state index in [-0.39, 0.29) is 18.9 Å². The summed E-state index contributed by atoms with van der Waals surface area (Å²) in [6.45, 7) is 0. The summed E-state index contributed by atoms with van der Waals surface area (Å²) in [4.78, 5) is 0. The van der Waals surface area contributed by atoms with E-state index in [1.54, 1.807) is 0 Å². The van der Waals surface area contributed by atoms with Crippen LogP contribution in [0.4, 0.5) is 0 Å². The van der Waals surface area contributed by atoms with Crippen LogP contribution in [0.2, 0.25) is 0 Å². The van der Waals surface area contributed by atoms with Crippen molar-refractivity contribution in [3.05, 3.63) is 5.41 Å². The molecule has 0 aliphatic rings. The molecule has 3 heteroatoms. The van der Waals surface area contributed by atoms with E-state index in [9.17, 15) is 0 Å². The molecule has 0 aliphatic heterocycles. The summed E-state index contributed by atoms with van der Waals surface area (Å²) in [6, 6.07) is 0. The molecule has 0 saturated heterocycles. The third kappa shape index (κ3) is 29.6. The molecule has 0 heterocycles. The van der Waals surface area contributed by atoms with Crippen molar-refractivity contribution in [1.82, 2.24) is 0 Å². The second-order valence-electron chi connectivity index (χ2n) is 0.0913. The Hall–Kier alpha value is 0.397. The summed E-state index contributed by atoms with van der Waals surface area (Å²) in [5.41, 5.74) is 0. The molecule has 0 amide bonds. The van der Waals surface area contributed by atoms with Crippen LogP contribution in [-0.2, 0) is 0 Å². The van der Waals surface area contributed by atoms with Crippen LogP contribution < -0.4 is 18.9 Å². The number of thiocarbonyl (C=S) groups is 1. The molecular weight excluding hydrogens is 65.0 g/mol. The Bertz CT molecular complexity index is 29.0. The number of isothiocyanates is 1. The average molecular weight is 65.0 g/mol. The van der Waals surface area contributed by atoms with Crippen molar-refractivity contribution in [2.75, 3.05) is 0 Å². The van der Waals surface area contributed by atoms with Gasteiger partial charge in [0.25, 0.3) is 0 Å². The molecule has 0 N–H and O–H groups in total. The van der Waals surface area contributed by atoms with Crippen LogP contribution in [0, 0.1) is 0 Å². The first-order valence-electron chi connectivity index (χ1n) is 0.428. The predicted octanol–water partition coefficient (Wildman–Crippen LogP) is -2.34. The molecule has 0 atom stereocenters. The topological polar surface area (TPSA) is 22.3 Å². The standard InChI is InChI=1S/CNS.Li/c2-1-3;/q-1;+1. The van der Waals surface area contributed by atoms with Crippen molar-refractivity contribution in [3.8, 4) is 0 Å². The second kappa shape index (κ2) is 10.00. The third-order valence-electron chi connectivity index (χ3n) is 0. The molecule has 0 aromatic carbocycles. The fraction of sp³-hybridized carbons (Fsp3) is 0. The second-order valence-corrected chi connectivity index (χ2v) is 0.274. The van der Waals surface area contributed by atoms with E-state index >= 15 is 0 Å². The quantitative estimate of drug-likeness (QED) is 0.176. The third-order valence-corrected chi connectivity index (χ3v) is 0. The van der Waals surface area contributed by atoms with Gasteiger partial charge in [0.2, 0.25) is 0 Å².